The number of anilines is 2. The number of hydrogen-bond donors (Lipinski definition) is 1. The predicted molar refractivity (Wildman–Crippen MR) is 80.3 cm³/mol. The van der Waals surface area contributed by atoms with Gasteiger partial charge in [0.15, 0.2) is 0 Å². The highest BCUT2D eigenvalue weighted by Gasteiger charge is 2.15. The molecule has 20 heavy (non-hydrogen) atoms. The number of rotatable bonds is 2. The summed E-state index contributed by atoms with van der Waals surface area (Å²) >= 11 is 5.97. The van der Waals surface area contributed by atoms with Gasteiger partial charge in [0.2, 0.25) is 0 Å². The summed E-state index contributed by atoms with van der Waals surface area (Å²) in [6, 6.07) is 11.6. The quantitative estimate of drug-likeness (QED) is 0.897. The third-order valence-electron chi connectivity index (χ3n) is 3.51. The highest BCUT2D eigenvalue weighted by Crippen LogP contribution is 2.27. The van der Waals surface area contributed by atoms with Gasteiger partial charge in [-0.2, -0.15) is 5.26 Å². The van der Waals surface area contributed by atoms with E-state index >= 15 is 0 Å². The van der Waals surface area contributed by atoms with Crippen molar-refractivity contribution in [3.8, 4) is 6.07 Å². The summed E-state index contributed by atoms with van der Waals surface area (Å²) in [5.41, 5.74) is 3.76. The van der Waals surface area contributed by atoms with Gasteiger partial charge in [-0.1, -0.05) is 17.7 Å². The molecule has 1 N–H and O–H groups in total. The van der Waals surface area contributed by atoms with E-state index in [4.69, 9.17) is 11.6 Å². The van der Waals surface area contributed by atoms with Crippen LogP contribution in [0, 0.1) is 11.3 Å². The standard InChI is InChI=1S/C16H14ClN3/c17-13-5-3-6-14(9-13)19-16-12(10-18)8-11-4-1-2-7-15(11)20-16/h3,5-6,8-9H,1-2,4,7H2,(H,19,20). The van der Waals surface area contributed by atoms with Gasteiger partial charge >= 0.3 is 0 Å². The molecule has 3 nitrogen and oxygen atoms in total. The molecule has 1 heterocycles. The number of aromatic nitrogens is 1. The van der Waals surface area contributed by atoms with Crippen LogP contribution in [0.3, 0.4) is 0 Å². The summed E-state index contributed by atoms with van der Waals surface area (Å²) < 4.78 is 0. The second kappa shape index (κ2) is 5.52. The Kier molecular flexibility index (Phi) is 3.58. The summed E-state index contributed by atoms with van der Waals surface area (Å²) in [6.45, 7) is 0. The maximum Gasteiger partial charge on any atom is 0.148 e. The van der Waals surface area contributed by atoms with Crippen LogP contribution in [0.2, 0.25) is 5.02 Å². The molecule has 1 aliphatic rings. The van der Waals surface area contributed by atoms with E-state index in [0.717, 1.165) is 24.2 Å². The fraction of sp³-hybridized carbons (Fsp3) is 0.250. The second-order valence-corrected chi connectivity index (χ2v) is 5.38. The van der Waals surface area contributed by atoms with E-state index in [1.807, 2.05) is 30.3 Å². The zero-order valence-corrected chi connectivity index (χ0v) is 11.7. The lowest BCUT2D eigenvalue weighted by Crippen LogP contribution is -2.08. The van der Waals surface area contributed by atoms with E-state index in [-0.39, 0.29) is 0 Å². The smallest absolute Gasteiger partial charge is 0.148 e. The van der Waals surface area contributed by atoms with Gasteiger partial charge in [0.1, 0.15) is 11.9 Å². The van der Waals surface area contributed by atoms with Gasteiger partial charge in [-0.15, -0.1) is 0 Å². The minimum Gasteiger partial charge on any atom is -0.339 e. The molecule has 0 bridgehead atoms. The SMILES string of the molecule is N#Cc1cc2c(nc1Nc1cccc(Cl)c1)CCCC2. The topological polar surface area (TPSA) is 48.7 Å². The van der Waals surface area contributed by atoms with Crippen molar-refractivity contribution in [1.29, 1.82) is 5.26 Å². The van der Waals surface area contributed by atoms with Crippen LogP contribution in [0.15, 0.2) is 30.3 Å². The maximum absolute atomic E-state index is 9.30. The molecule has 1 aliphatic carbocycles. The first-order chi connectivity index (χ1) is 9.76. The average Bonchev–Trinajstić information content (AvgIpc) is 2.46. The Hall–Kier alpha value is -2.05. The van der Waals surface area contributed by atoms with Crippen molar-refractivity contribution in [3.05, 3.63) is 52.2 Å². The van der Waals surface area contributed by atoms with Gasteiger partial charge in [0.05, 0.1) is 5.56 Å². The van der Waals surface area contributed by atoms with Crippen molar-refractivity contribution in [2.24, 2.45) is 0 Å². The second-order valence-electron chi connectivity index (χ2n) is 4.94. The molecule has 4 heteroatoms. The van der Waals surface area contributed by atoms with Crippen molar-refractivity contribution in [2.75, 3.05) is 5.32 Å². The van der Waals surface area contributed by atoms with Crippen LogP contribution in [-0.4, -0.2) is 4.98 Å². The number of hydrogen-bond acceptors (Lipinski definition) is 3. The zero-order chi connectivity index (χ0) is 13.9. The Bertz CT molecular complexity index is 689. The first-order valence-corrected chi connectivity index (χ1v) is 7.09. The zero-order valence-electron chi connectivity index (χ0n) is 11.0. The van der Waals surface area contributed by atoms with E-state index in [9.17, 15) is 5.26 Å². The molecular formula is C16H14ClN3. The van der Waals surface area contributed by atoms with Crippen LogP contribution in [0.5, 0.6) is 0 Å². The number of pyridine rings is 1. The van der Waals surface area contributed by atoms with Crippen molar-refractivity contribution in [2.45, 2.75) is 25.7 Å². The Morgan fingerprint density at radius 3 is 2.85 bits per heavy atom. The van der Waals surface area contributed by atoms with E-state index in [2.05, 4.69) is 16.4 Å². The number of nitriles is 1. The lowest BCUT2D eigenvalue weighted by Gasteiger charge is -2.17. The maximum atomic E-state index is 9.30. The Balaban J connectivity index is 1.98. The van der Waals surface area contributed by atoms with Crippen molar-refractivity contribution < 1.29 is 0 Å². The largest absolute Gasteiger partial charge is 0.339 e. The molecule has 0 atom stereocenters. The van der Waals surface area contributed by atoms with Gasteiger partial charge in [-0.3, -0.25) is 0 Å². The lowest BCUT2D eigenvalue weighted by atomic mass is 9.95. The van der Waals surface area contributed by atoms with E-state index in [0.29, 0.717) is 16.4 Å². The number of halogens is 1. The first-order valence-electron chi connectivity index (χ1n) is 6.72. The molecule has 0 radical (unpaired) electrons. The molecule has 0 fully saturated rings. The van der Waals surface area contributed by atoms with Crippen LogP contribution in [0.25, 0.3) is 0 Å². The number of aryl methyl sites for hydroxylation is 2. The number of fused-ring (bicyclic) bond motifs is 1. The minimum atomic E-state index is 0.589. The van der Waals surface area contributed by atoms with Gasteiger partial charge in [-0.25, -0.2) is 4.98 Å². The summed E-state index contributed by atoms with van der Waals surface area (Å²) in [5, 5.41) is 13.2. The molecule has 0 saturated heterocycles. The molecule has 0 unspecified atom stereocenters. The summed E-state index contributed by atoms with van der Waals surface area (Å²) in [6.07, 6.45) is 4.36. The monoisotopic (exact) mass is 283 g/mol. The predicted octanol–water partition coefficient (Wildman–Crippen LogP) is 4.23. The van der Waals surface area contributed by atoms with Crippen LogP contribution in [-0.2, 0) is 12.8 Å². The molecule has 2 aromatic rings. The van der Waals surface area contributed by atoms with Gasteiger partial charge in [0, 0.05) is 16.4 Å². The van der Waals surface area contributed by atoms with Crippen LogP contribution >= 0.6 is 11.6 Å². The Morgan fingerprint density at radius 2 is 2.05 bits per heavy atom. The Morgan fingerprint density at radius 1 is 1.20 bits per heavy atom. The first kappa shape index (κ1) is 13.0. The minimum absolute atomic E-state index is 0.589. The molecular weight excluding hydrogens is 270 g/mol. The molecule has 3 rings (SSSR count). The molecule has 0 aliphatic heterocycles. The molecule has 1 aromatic carbocycles. The number of nitrogens with zero attached hydrogens (tertiary/aromatic N) is 2. The highest BCUT2D eigenvalue weighted by atomic mass is 35.5. The number of benzene rings is 1. The normalized spacial score (nSPS) is 13.4. The Labute approximate surface area is 123 Å². The van der Waals surface area contributed by atoms with Crippen LogP contribution in [0.4, 0.5) is 11.5 Å². The third kappa shape index (κ3) is 2.61. The van der Waals surface area contributed by atoms with Crippen LogP contribution in [0.1, 0.15) is 29.7 Å². The molecule has 0 spiro atoms. The third-order valence-corrected chi connectivity index (χ3v) is 3.74. The van der Waals surface area contributed by atoms with E-state index in [1.54, 1.807) is 0 Å². The highest BCUT2D eigenvalue weighted by molar-refractivity contribution is 6.30. The summed E-state index contributed by atoms with van der Waals surface area (Å²) in [5.74, 6) is 0.621. The average molecular weight is 284 g/mol. The summed E-state index contributed by atoms with van der Waals surface area (Å²) in [7, 11) is 0. The van der Waals surface area contributed by atoms with Crippen molar-refractivity contribution >= 4 is 23.1 Å². The molecule has 100 valence electrons. The fourth-order valence-corrected chi connectivity index (χ4v) is 2.71. The van der Waals surface area contributed by atoms with E-state index in [1.165, 1.54) is 18.4 Å². The number of nitrogens with one attached hydrogen (secondary N) is 1. The molecule has 1 aromatic heterocycles. The van der Waals surface area contributed by atoms with Gasteiger partial charge in [-0.05, 0) is 55.5 Å². The van der Waals surface area contributed by atoms with Crippen molar-refractivity contribution in [1.82, 2.24) is 4.98 Å². The van der Waals surface area contributed by atoms with Crippen molar-refractivity contribution in [3.63, 3.8) is 0 Å². The fourth-order valence-electron chi connectivity index (χ4n) is 2.52. The van der Waals surface area contributed by atoms with E-state index < -0.39 is 0 Å². The van der Waals surface area contributed by atoms with Crippen LogP contribution < -0.4 is 5.32 Å². The molecule has 0 amide bonds. The van der Waals surface area contributed by atoms with Gasteiger partial charge < -0.3 is 5.32 Å². The summed E-state index contributed by atoms with van der Waals surface area (Å²) in [4.78, 5) is 4.63. The van der Waals surface area contributed by atoms with Gasteiger partial charge in [0.25, 0.3) is 0 Å². The lowest BCUT2D eigenvalue weighted by molar-refractivity contribution is 0.668. The molecule has 0 saturated carbocycles.